The summed E-state index contributed by atoms with van der Waals surface area (Å²) in [7, 11) is 0. The number of hydrogen-bond acceptors (Lipinski definition) is 3. The van der Waals surface area contributed by atoms with Gasteiger partial charge in [0, 0.05) is 24.7 Å². The molecule has 1 aliphatic carbocycles. The molecule has 1 heterocycles. The minimum absolute atomic E-state index is 0.267. The zero-order valence-electron chi connectivity index (χ0n) is 12.5. The van der Waals surface area contributed by atoms with Crippen LogP contribution in [0.1, 0.15) is 45.2 Å². The van der Waals surface area contributed by atoms with Crippen LogP contribution in [0.4, 0.5) is 0 Å². The summed E-state index contributed by atoms with van der Waals surface area (Å²) in [6.45, 7) is 5.81. The zero-order chi connectivity index (χ0) is 14.4. The normalized spacial score (nSPS) is 14.6. The lowest BCUT2D eigenvalue weighted by Gasteiger charge is -2.22. The molecule has 1 saturated carbocycles. The Morgan fingerprint density at radius 2 is 2.25 bits per heavy atom. The monoisotopic (exact) mass is 275 g/mol. The molecule has 0 bridgehead atoms. The minimum Gasteiger partial charge on any atom is -0.334 e. The van der Waals surface area contributed by atoms with E-state index in [9.17, 15) is 4.79 Å². The number of rotatable bonds is 8. The first kappa shape index (κ1) is 15.0. The summed E-state index contributed by atoms with van der Waals surface area (Å²) in [4.78, 5) is 18.7. The van der Waals surface area contributed by atoms with E-state index in [4.69, 9.17) is 0 Å². The fraction of sp³-hybridized carbons (Fsp3) is 0.625. The van der Waals surface area contributed by atoms with Crippen LogP contribution in [0.5, 0.6) is 0 Å². The summed E-state index contributed by atoms with van der Waals surface area (Å²) in [6.07, 6.45) is 5.61. The molecule has 4 nitrogen and oxygen atoms in total. The van der Waals surface area contributed by atoms with Crippen LogP contribution >= 0.6 is 0 Å². The molecule has 0 aromatic carbocycles. The molecule has 4 heteroatoms. The SMILES string of the molecule is CC(C)NCCCC(=O)N(Cc1ccccn1)C1CC1. The van der Waals surface area contributed by atoms with Gasteiger partial charge in [0.2, 0.25) is 5.91 Å². The Morgan fingerprint density at radius 3 is 2.85 bits per heavy atom. The fourth-order valence-corrected chi connectivity index (χ4v) is 2.25. The molecule has 0 atom stereocenters. The second kappa shape index (κ2) is 7.39. The van der Waals surface area contributed by atoms with Crippen molar-refractivity contribution in [2.45, 2.75) is 58.2 Å². The van der Waals surface area contributed by atoms with Crippen molar-refractivity contribution in [3.8, 4) is 0 Å². The number of nitrogens with zero attached hydrogens (tertiary/aromatic N) is 2. The first-order valence-corrected chi connectivity index (χ1v) is 7.59. The van der Waals surface area contributed by atoms with Crippen molar-refractivity contribution in [1.29, 1.82) is 0 Å². The largest absolute Gasteiger partial charge is 0.334 e. The molecule has 1 aromatic heterocycles. The summed E-state index contributed by atoms with van der Waals surface area (Å²) in [6, 6.07) is 6.80. The molecule has 0 spiro atoms. The highest BCUT2D eigenvalue weighted by Crippen LogP contribution is 2.28. The lowest BCUT2D eigenvalue weighted by atomic mass is 10.2. The van der Waals surface area contributed by atoms with Gasteiger partial charge in [0.1, 0.15) is 0 Å². The lowest BCUT2D eigenvalue weighted by Crippen LogP contribution is -2.33. The van der Waals surface area contributed by atoms with E-state index in [1.54, 1.807) is 6.20 Å². The Bertz CT molecular complexity index is 415. The molecule has 0 radical (unpaired) electrons. The van der Waals surface area contributed by atoms with Gasteiger partial charge in [-0.3, -0.25) is 9.78 Å². The van der Waals surface area contributed by atoms with Gasteiger partial charge in [0.25, 0.3) is 0 Å². The smallest absolute Gasteiger partial charge is 0.223 e. The van der Waals surface area contributed by atoms with E-state index in [0.29, 0.717) is 25.0 Å². The molecule has 110 valence electrons. The van der Waals surface area contributed by atoms with Crippen molar-refractivity contribution >= 4 is 5.91 Å². The molecule has 1 aliphatic rings. The van der Waals surface area contributed by atoms with Crippen LogP contribution in [-0.4, -0.2) is 34.4 Å². The van der Waals surface area contributed by atoms with Crippen molar-refractivity contribution in [2.75, 3.05) is 6.54 Å². The predicted octanol–water partition coefficient (Wildman–Crippen LogP) is 2.35. The Morgan fingerprint density at radius 1 is 1.45 bits per heavy atom. The molecule has 1 N–H and O–H groups in total. The molecule has 1 aromatic rings. The maximum Gasteiger partial charge on any atom is 0.223 e. The maximum absolute atomic E-state index is 12.3. The van der Waals surface area contributed by atoms with E-state index < -0.39 is 0 Å². The first-order valence-electron chi connectivity index (χ1n) is 7.59. The Kier molecular flexibility index (Phi) is 5.53. The summed E-state index contributed by atoms with van der Waals surface area (Å²) < 4.78 is 0. The average molecular weight is 275 g/mol. The zero-order valence-corrected chi connectivity index (χ0v) is 12.5. The number of carbonyl (C=O) groups excluding carboxylic acids is 1. The van der Waals surface area contributed by atoms with Crippen molar-refractivity contribution in [2.24, 2.45) is 0 Å². The number of aromatic nitrogens is 1. The van der Waals surface area contributed by atoms with Crippen molar-refractivity contribution in [3.63, 3.8) is 0 Å². The van der Waals surface area contributed by atoms with Crippen LogP contribution in [0.25, 0.3) is 0 Å². The maximum atomic E-state index is 12.3. The standard InChI is InChI=1S/C16H25N3O/c1-13(2)17-11-5-7-16(20)19(15-8-9-15)12-14-6-3-4-10-18-14/h3-4,6,10,13,15,17H,5,7-9,11-12H2,1-2H3. The molecule has 2 rings (SSSR count). The van der Waals surface area contributed by atoms with E-state index in [-0.39, 0.29) is 5.91 Å². The number of hydrogen-bond donors (Lipinski definition) is 1. The second-order valence-corrected chi connectivity index (χ2v) is 5.79. The molecule has 1 amide bonds. The summed E-state index contributed by atoms with van der Waals surface area (Å²) in [5, 5.41) is 3.35. The molecule has 20 heavy (non-hydrogen) atoms. The van der Waals surface area contributed by atoms with Gasteiger partial charge in [-0.25, -0.2) is 0 Å². The van der Waals surface area contributed by atoms with Crippen molar-refractivity contribution < 1.29 is 4.79 Å². The van der Waals surface area contributed by atoms with Crippen molar-refractivity contribution in [1.82, 2.24) is 15.2 Å². The van der Waals surface area contributed by atoms with Gasteiger partial charge < -0.3 is 10.2 Å². The summed E-state index contributed by atoms with van der Waals surface area (Å²) >= 11 is 0. The van der Waals surface area contributed by atoms with Crippen LogP contribution in [0.3, 0.4) is 0 Å². The summed E-state index contributed by atoms with van der Waals surface area (Å²) in [5.41, 5.74) is 0.980. The van der Waals surface area contributed by atoms with Gasteiger partial charge in [0.15, 0.2) is 0 Å². The highest BCUT2D eigenvalue weighted by atomic mass is 16.2. The van der Waals surface area contributed by atoms with Gasteiger partial charge in [0.05, 0.1) is 12.2 Å². The third-order valence-electron chi connectivity index (χ3n) is 3.49. The van der Waals surface area contributed by atoms with E-state index >= 15 is 0 Å². The molecular weight excluding hydrogens is 250 g/mol. The lowest BCUT2D eigenvalue weighted by molar-refractivity contribution is -0.132. The quantitative estimate of drug-likeness (QED) is 0.741. The number of amides is 1. The minimum atomic E-state index is 0.267. The molecule has 0 aliphatic heterocycles. The predicted molar refractivity (Wildman–Crippen MR) is 80.2 cm³/mol. The van der Waals surface area contributed by atoms with Gasteiger partial charge in [-0.1, -0.05) is 19.9 Å². The fourth-order valence-electron chi connectivity index (χ4n) is 2.25. The molecule has 0 unspecified atom stereocenters. The average Bonchev–Trinajstić information content (AvgIpc) is 3.26. The van der Waals surface area contributed by atoms with Gasteiger partial charge in [-0.2, -0.15) is 0 Å². The number of pyridine rings is 1. The van der Waals surface area contributed by atoms with Gasteiger partial charge >= 0.3 is 0 Å². The Labute approximate surface area is 121 Å². The van der Waals surface area contributed by atoms with Crippen molar-refractivity contribution in [3.05, 3.63) is 30.1 Å². The van der Waals surface area contributed by atoms with E-state index in [1.807, 2.05) is 23.1 Å². The van der Waals surface area contributed by atoms with Gasteiger partial charge in [-0.15, -0.1) is 0 Å². The summed E-state index contributed by atoms with van der Waals surface area (Å²) in [5.74, 6) is 0.267. The van der Waals surface area contributed by atoms with Crippen LogP contribution in [0.15, 0.2) is 24.4 Å². The third-order valence-corrected chi connectivity index (χ3v) is 3.49. The second-order valence-electron chi connectivity index (χ2n) is 5.79. The van der Waals surface area contributed by atoms with Gasteiger partial charge in [-0.05, 0) is 37.9 Å². The Balaban J connectivity index is 1.81. The van der Waals surface area contributed by atoms with Crippen LogP contribution in [0.2, 0.25) is 0 Å². The highest BCUT2D eigenvalue weighted by Gasteiger charge is 2.32. The topological polar surface area (TPSA) is 45.2 Å². The van der Waals surface area contributed by atoms with Crippen LogP contribution in [-0.2, 0) is 11.3 Å². The van der Waals surface area contributed by atoms with Crippen LogP contribution < -0.4 is 5.32 Å². The molecule has 1 fully saturated rings. The highest BCUT2D eigenvalue weighted by molar-refractivity contribution is 5.76. The molecular formula is C16H25N3O. The van der Waals surface area contributed by atoms with E-state index in [2.05, 4.69) is 24.1 Å². The Hall–Kier alpha value is -1.42. The first-order chi connectivity index (χ1) is 9.66. The number of nitrogens with one attached hydrogen (secondary N) is 1. The van der Waals surface area contributed by atoms with E-state index in [0.717, 1.165) is 31.5 Å². The molecule has 0 saturated heterocycles. The third kappa shape index (κ3) is 4.93. The number of carbonyl (C=O) groups is 1. The van der Waals surface area contributed by atoms with Crippen LogP contribution in [0, 0.1) is 0 Å². The van der Waals surface area contributed by atoms with E-state index in [1.165, 1.54) is 0 Å².